The Kier molecular flexibility index (Phi) is 6.85. The van der Waals surface area contributed by atoms with Gasteiger partial charge in [0.05, 0.1) is 5.75 Å². The maximum absolute atomic E-state index is 11.0. The van der Waals surface area contributed by atoms with Gasteiger partial charge in [0.25, 0.3) is 0 Å². The molecule has 0 aromatic heterocycles. The number of nitrogens with zero attached hydrogens (tertiary/aromatic N) is 1. The van der Waals surface area contributed by atoms with Crippen molar-refractivity contribution in [2.75, 3.05) is 37.9 Å². The number of hydrogen-bond acceptors (Lipinski definition) is 4. The van der Waals surface area contributed by atoms with Crippen LogP contribution in [-0.2, 0) is 9.84 Å². The summed E-state index contributed by atoms with van der Waals surface area (Å²) in [7, 11) is -1.13. The number of aliphatic imine (C=N–C) groups is 1. The maximum Gasteiger partial charge on any atom is 0.191 e. The zero-order valence-electron chi connectivity index (χ0n) is 11.1. The van der Waals surface area contributed by atoms with Crippen LogP contribution in [0.1, 0.15) is 19.3 Å². The van der Waals surface area contributed by atoms with Crippen LogP contribution < -0.4 is 10.6 Å². The fraction of sp³-hybridized carbons (Fsp3) is 0.909. The van der Waals surface area contributed by atoms with Crippen LogP contribution in [0, 0.1) is 0 Å². The van der Waals surface area contributed by atoms with Gasteiger partial charge in [0.2, 0.25) is 0 Å². The van der Waals surface area contributed by atoms with Crippen molar-refractivity contribution in [3.8, 4) is 0 Å². The first kappa shape index (κ1) is 15.6. The van der Waals surface area contributed by atoms with Crippen LogP contribution in [0.15, 0.2) is 4.99 Å². The maximum atomic E-state index is 11.0. The highest BCUT2D eigenvalue weighted by atomic mass is 32.2. The van der Waals surface area contributed by atoms with Crippen molar-refractivity contribution in [1.29, 1.82) is 0 Å². The van der Waals surface area contributed by atoms with Gasteiger partial charge in [-0.25, -0.2) is 8.42 Å². The van der Waals surface area contributed by atoms with Gasteiger partial charge in [0.1, 0.15) is 9.84 Å². The van der Waals surface area contributed by atoms with Crippen molar-refractivity contribution in [3.05, 3.63) is 0 Å². The second kappa shape index (κ2) is 7.89. The van der Waals surface area contributed by atoms with Gasteiger partial charge in [-0.15, -0.1) is 0 Å². The zero-order valence-corrected chi connectivity index (χ0v) is 12.7. The number of thioether (sulfide) groups is 1. The number of sulfone groups is 1. The lowest BCUT2D eigenvalue weighted by Gasteiger charge is -2.14. The molecule has 7 heteroatoms. The Labute approximate surface area is 114 Å². The van der Waals surface area contributed by atoms with E-state index < -0.39 is 9.84 Å². The van der Waals surface area contributed by atoms with Gasteiger partial charge in [-0.05, 0) is 25.0 Å². The molecule has 0 saturated carbocycles. The highest BCUT2D eigenvalue weighted by molar-refractivity contribution is 8.00. The Hall–Kier alpha value is -0.430. The molecule has 2 N–H and O–H groups in total. The van der Waals surface area contributed by atoms with E-state index in [0.717, 1.165) is 12.5 Å². The van der Waals surface area contributed by atoms with Crippen LogP contribution in [-0.4, -0.2) is 57.5 Å². The molecule has 0 amide bonds. The summed E-state index contributed by atoms with van der Waals surface area (Å²) in [6.07, 6.45) is 4.44. The van der Waals surface area contributed by atoms with E-state index in [9.17, 15) is 8.42 Å². The molecule has 106 valence electrons. The predicted molar refractivity (Wildman–Crippen MR) is 79.2 cm³/mol. The highest BCUT2D eigenvalue weighted by Crippen LogP contribution is 2.25. The molecule has 18 heavy (non-hydrogen) atoms. The Balaban J connectivity index is 2.13. The molecule has 1 unspecified atom stereocenters. The molecule has 0 spiro atoms. The van der Waals surface area contributed by atoms with E-state index in [0.29, 0.717) is 18.2 Å². The molecule has 1 aliphatic heterocycles. The third-order valence-corrected chi connectivity index (χ3v) is 5.16. The number of hydrogen-bond donors (Lipinski definition) is 2. The zero-order chi connectivity index (χ0) is 13.4. The van der Waals surface area contributed by atoms with Gasteiger partial charge in [0.15, 0.2) is 5.96 Å². The molecule has 1 rings (SSSR count). The van der Waals surface area contributed by atoms with Gasteiger partial charge in [-0.2, -0.15) is 11.8 Å². The Morgan fingerprint density at radius 3 is 2.78 bits per heavy atom. The van der Waals surface area contributed by atoms with E-state index >= 15 is 0 Å². The second-order valence-corrected chi connectivity index (χ2v) is 8.17. The predicted octanol–water partition coefficient (Wildman–Crippen LogP) is 0.482. The quantitative estimate of drug-likeness (QED) is 0.423. The minimum Gasteiger partial charge on any atom is -0.356 e. The Morgan fingerprint density at radius 1 is 1.44 bits per heavy atom. The summed E-state index contributed by atoms with van der Waals surface area (Å²) in [4.78, 5) is 4.12. The molecule has 0 aromatic rings. The van der Waals surface area contributed by atoms with E-state index in [4.69, 9.17) is 0 Å². The first-order valence-electron chi connectivity index (χ1n) is 6.25. The van der Waals surface area contributed by atoms with Crippen LogP contribution in [0.5, 0.6) is 0 Å². The van der Waals surface area contributed by atoms with E-state index in [-0.39, 0.29) is 5.75 Å². The van der Waals surface area contributed by atoms with Crippen molar-refractivity contribution in [3.63, 3.8) is 0 Å². The number of guanidine groups is 1. The molecule has 1 aliphatic rings. The summed E-state index contributed by atoms with van der Waals surface area (Å²) in [5.41, 5.74) is 0. The number of nitrogens with one attached hydrogen (secondary N) is 2. The minimum atomic E-state index is -2.86. The summed E-state index contributed by atoms with van der Waals surface area (Å²) in [6.45, 7) is 1.56. The Bertz CT molecular complexity index is 362. The fourth-order valence-corrected chi connectivity index (χ4v) is 3.65. The third kappa shape index (κ3) is 7.10. The van der Waals surface area contributed by atoms with Gasteiger partial charge < -0.3 is 10.6 Å². The molecule has 0 aliphatic carbocycles. The van der Waals surface area contributed by atoms with Gasteiger partial charge >= 0.3 is 0 Å². The molecule has 1 fully saturated rings. The minimum absolute atomic E-state index is 0.218. The van der Waals surface area contributed by atoms with Crippen LogP contribution >= 0.6 is 11.8 Å². The molecular weight excluding hydrogens is 270 g/mol. The molecule has 1 saturated heterocycles. The first-order chi connectivity index (χ1) is 8.51. The van der Waals surface area contributed by atoms with E-state index in [1.807, 2.05) is 11.8 Å². The average Bonchev–Trinajstić information content (AvgIpc) is 2.79. The lowest BCUT2D eigenvalue weighted by Crippen LogP contribution is -2.40. The molecule has 0 bridgehead atoms. The second-order valence-electron chi connectivity index (χ2n) is 4.50. The van der Waals surface area contributed by atoms with E-state index in [1.54, 1.807) is 7.05 Å². The Morgan fingerprint density at radius 2 is 2.22 bits per heavy atom. The summed E-state index contributed by atoms with van der Waals surface area (Å²) >= 11 is 2.00. The first-order valence-corrected chi connectivity index (χ1v) is 9.36. The molecule has 0 aromatic carbocycles. The third-order valence-electron chi connectivity index (χ3n) is 2.73. The van der Waals surface area contributed by atoms with E-state index in [1.165, 1.54) is 24.9 Å². The topological polar surface area (TPSA) is 70.6 Å². The average molecular weight is 293 g/mol. The van der Waals surface area contributed by atoms with Crippen molar-refractivity contribution in [2.24, 2.45) is 4.99 Å². The van der Waals surface area contributed by atoms with Crippen LogP contribution in [0.2, 0.25) is 0 Å². The molecule has 0 radical (unpaired) electrons. The molecule has 5 nitrogen and oxygen atoms in total. The lowest BCUT2D eigenvalue weighted by molar-refractivity contribution is 0.598. The van der Waals surface area contributed by atoms with Crippen molar-refractivity contribution >= 4 is 27.6 Å². The monoisotopic (exact) mass is 293 g/mol. The molecule has 1 atom stereocenters. The normalized spacial score (nSPS) is 21.0. The fourth-order valence-electron chi connectivity index (χ4n) is 1.78. The van der Waals surface area contributed by atoms with E-state index in [2.05, 4.69) is 15.6 Å². The summed E-state index contributed by atoms with van der Waals surface area (Å²) < 4.78 is 21.9. The lowest BCUT2D eigenvalue weighted by atomic mass is 10.2. The van der Waals surface area contributed by atoms with Crippen LogP contribution in [0.4, 0.5) is 0 Å². The van der Waals surface area contributed by atoms with Gasteiger partial charge in [-0.1, -0.05) is 0 Å². The molecule has 1 heterocycles. The summed E-state index contributed by atoms with van der Waals surface area (Å²) in [6, 6.07) is 0. The van der Waals surface area contributed by atoms with Gasteiger partial charge in [0, 0.05) is 31.6 Å². The largest absolute Gasteiger partial charge is 0.356 e. The van der Waals surface area contributed by atoms with Gasteiger partial charge in [-0.3, -0.25) is 4.99 Å². The SMILES string of the molecule is CN=C(NCCCS(C)(=O)=O)NCC1CCCS1. The van der Waals surface area contributed by atoms with Crippen molar-refractivity contribution in [2.45, 2.75) is 24.5 Å². The van der Waals surface area contributed by atoms with Crippen molar-refractivity contribution in [1.82, 2.24) is 10.6 Å². The molecular formula is C11H23N3O2S2. The number of rotatable bonds is 6. The standard InChI is InChI=1S/C11H23N3O2S2/c1-12-11(13-6-4-8-18(2,15)16)14-9-10-5-3-7-17-10/h10H,3-9H2,1-2H3,(H2,12,13,14). The highest BCUT2D eigenvalue weighted by Gasteiger charge is 2.15. The summed E-state index contributed by atoms with van der Waals surface area (Å²) in [5, 5.41) is 7.09. The summed E-state index contributed by atoms with van der Waals surface area (Å²) in [5.74, 6) is 2.23. The van der Waals surface area contributed by atoms with Crippen LogP contribution in [0.25, 0.3) is 0 Å². The van der Waals surface area contributed by atoms with Crippen LogP contribution in [0.3, 0.4) is 0 Å². The smallest absolute Gasteiger partial charge is 0.191 e. The van der Waals surface area contributed by atoms with Crippen molar-refractivity contribution < 1.29 is 8.42 Å².